The minimum atomic E-state index is -0.882. The fraction of sp³-hybridized carbons (Fsp3) is 0.0714. The van der Waals surface area contributed by atoms with Crippen molar-refractivity contribution in [2.24, 2.45) is 0 Å². The number of ether oxygens (including phenoxy) is 2. The SMILES string of the molecule is N#Cc1c(Cl)cc(Oc2ccc(Br)c(CO)c2)cc1Cl.N#Cc1c(Cl)cc(Oc2ccc3c(c2)COB3O)cc1Cl. The quantitative estimate of drug-likeness (QED) is 0.205. The molecule has 0 aromatic heterocycles. The summed E-state index contributed by atoms with van der Waals surface area (Å²) in [6.45, 7) is 0.231. The zero-order chi connectivity index (χ0) is 29.7. The Labute approximate surface area is 264 Å². The molecule has 41 heavy (non-hydrogen) atoms. The predicted molar refractivity (Wildman–Crippen MR) is 161 cm³/mol. The largest absolute Gasteiger partial charge is 0.491 e. The zero-order valence-electron chi connectivity index (χ0n) is 20.7. The number of nitriles is 2. The van der Waals surface area contributed by atoms with Crippen molar-refractivity contribution in [2.45, 2.75) is 13.2 Å². The van der Waals surface area contributed by atoms with Crippen molar-refractivity contribution in [1.82, 2.24) is 0 Å². The Balaban J connectivity index is 0.000000189. The lowest BCUT2D eigenvalue weighted by Gasteiger charge is -2.09. The van der Waals surface area contributed by atoms with Crippen molar-refractivity contribution in [1.29, 1.82) is 10.5 Å². The molecule has 1 heterocycles. The second kappa shape index (κ2) is 13.8. The molecule has 0 bridgehead atoms. The molecule has 4 aromatic rings. The van der Waals surface area contributed by atoms with Crippen molar-refractivity contribution in [3.8, 4) is 35.1 Å². The topological polar surface area (TPSA) is 116 Å². The van der Waals surface area contributed by atoms with E-state index in [2.05, 4.69) is 15.9 Å². The summed E-state index contributed by atoms with van der Waals surface area (Å²) in [5.74, 6) is 1.96. The lowest BCUT2D eigenvalue weighted by atomic mass is 9.80. The van der Waals surface area contributed by atoms with Gasteiger partial charge >= 0.3 is 7.12 Å². The first kappa shape index (κ1) is 31.0. The maximum atomic E-state index is 9.56. The summed E-state index contributed by atoms with van der Waals surface area (Å²) < 4.78 is 17.2. The van der Waals surface area contributed by atoms with Gasteiger partial charge in [-0.25, -0.2) is 0 Å². The van der Waals surface area contributed by atoms with Crippen LogP contribution in [0.3, 0.4) is 0 Å². The molecule has 7 nitrogen and oxygen atoms in total. The minimum Gasteiger partial charge on any atom is -0.457 e. The number of fused-ring (bicyclic) bond motifs is 1. The van der Waals surface area contributed by atoms with E-state index in [9.17, 15) is 10.1 Å². The van der Waals surface area contributed by atoms with Crippen LogP contribution >= 0.6 is 62.3 Å². The van der Waals surface area contributed by atoms with Crippen molar-refractivity contribution in [2.75, 3.05) is 0 Å². The summed E-state index contributed by atoms with van der Waals surface area (Å²) in [6.07, 6.45) is 0. The zero-order valence-corrected chi connectivity index (χ0v) is 25.3. The van der Waals surface area contributed by atoms with Crippen LogP contribution in [0.15, 0.2) is 65.1 Å². The fourth-order valence-electron chi connectivity index (χ4n) is 3.71. The van der Waals surface area contributed by atoms with E-state index < -0.39 is 7.12 Å². The molecule has 1 aliphatic heterocycles. The van der Waals surface area contributed by atoms with Gasteiger partial charge in [0.05, 0.1) is 44.4 Å². The van der Waals surface area contributed by atoms with Gasteiger partial charge in [-0.15, -0.1) is 0 Å². The molecule has 206 valence electrons. The third-order valence-electron chi connectivity index (χ3n) is 5.69. The molecule has 1 aliphatic rings. The molecule has 0 saturated heterocycles. The Kier molecular flexibility index (Phi) is 10.4. The molecule has 0 amide bonds. The van der Waals surface area contributed by atoms with Gasteiger partial charge in [0.15, 0.2) is 0 Å². The summed E-state index contributed by atoms with van der Waals surface area (Å²) in [4.78, 5) is 0. The van der Waals surface area contributed by atoms with Crippen LogP contribution < -0.4 is 14.9 Å². The molecule has 2 N–H and O–H groups in total. The van der Waals surface area contributed by atoms with Gasteiger partial charge in [0.1, 0.15) is 35.1 Å². The second-order valence-corrected chi connectivity index (χ2v) is 10.9. The van der Waals surface area contributed by atoms with E-state index >= 15 is 0 Å². The van der Waals surface area contributed by atoms with Crippen molar-refractivity contribution in [3.05, 3.63) is 107 Å². The number of aliphatic hydroxyl groups is 1. The highest BCUT2D eigenvalue weighted by molar-refractivity contribution is 9.10. The normalized spacial score (nSPS) is 11.6. The molecule has 5 rings (SSSR count). The van der Waals surface area contributed by atoms with Crippen LogP contribution in [0.5, 0.6) is 23.0 Å². The monoisotopic (exact) mass is 690 g/mol. The van der Waals surface area contributed by atoms with E-state index in [4.69, 9.17) is 71.1 Å². The number of benzene rings is 4. The highest BCUT2D eigenvalue weighted by Gasteiger charge is 2.27. The second-order valence-electron chi connectivity index (χ2n) is 8.39. The van der Waals surface area contributed by atoms with Crippen LogP contribution in [-0.4, -0.2) is 17.2 Å². The van der Waals surface area contributed by atoms with E-state index in [0.717, 1.165) is 15.5 Å². The smallest absolute Gasteiger partial charge is 0.457 e. The third-order valence-corrected chi connectivity index (χ3v) is 7.66. The summed E-state index contributed by atoms with van der Waals surface area (Å²) in [6, 6.07) is 20.4. The molecule has 0 unspecified atom stereocenters. The Morgan fingerprint density at radius 2 is 1.27 bits per heavy atom. The van der Waals surface area contributed by atoms with Crippen molar-refractivity contribution >= 4 is 74.9 Å². The van der Waals surface area contributed by atoms with Crippen LogP contribution in [0, 0.1) is 22.7 Å². The molecule has 0 saturated carbocycles. The molecule has 0 fully saturated rings. The summed E-state index contributed by atoms with van der Waals surface area (Å²) in [5.41, 5.74) is 2.74. The van der Waals surface area contributed by atoms with Crippen LogP contribution in [0.4, 0.5) is 0 Å². The van der Waals surface area contributed by atoms with E-state index in [-0.39, 0.29) is 37.8 Å². The number of hydrogen-bond acceptors (Lipinski definition) is 7. The standard InChI is InChI=1S/C14H8BCl2NO3.C14H8BrCl2NO2/c16-13-4-10(5-14(17)11(13)6-18)21-9-1-2-12-8(3-9)7-20-15(12)19;15-12-2-1-9(3-8(12)7-19)20-10-4-13(16)11(6-18)14(17)5-10/h1-5,19H,7H2;1-5,19H,7H2. The third kappa shape index (κ3) is 7.47. The van der Waals surface area contributed by atoms with Crippen LogP contribution in [0.1, 0.15) is 22.3 Å². The summed E-state index contributed by atoms with van der Waals surface area (Å²) in [5, 5.41) is 37.5. The Hall–Kier alpha value is -2.96. The van der Waals surface area contributed by atoms with Gasteiger partial charge in [-0.2, -0.15) is 10.5 Å². The molecule has 0 radical (unpaired) electrons. The van der Waals surface area contributed by atoms with Gasteiger partial charge in [-0.1, -0.05) is 68.4 Å². The molecule has 0 aliphatic carbocycles. The van der Waals surface area contributed by atoms with E-state index in [1.807, 2.05) is 12.1 Å². The Morgan fingerprint density at radius 3 is 1.76 bits per heavy atom. The van der Waals surface area contributed by atoms with Gasteiger partial charge in [0, 0.05) is 28.7 Å². The average molecular weight is 693 g/mol. The Morgan fingerprint density at radius 1 is 0.780 bits per heavy atom. The average Bonchev–Trinajstić information content (AvgIpc) is 3.29. The number of aliphatic hydroxyl groups excluding tert-OH is 1. The maximum absolute atomic E-state index is 9.56. The van der Waals surface area contributed by atoms with Crippen LogP contribution in [-0.2, 0) is 17.9 Å². The number of rotatable bonds is 5. The minimum absolute atomic E-state index is 0.104. The fourth-order valence-corrected chi connectivity index (χ4v) is 5.18. The number of nitrogens with zero attached hydrogens (tertiary/aromatic N) is 2. The highest BCUT2D eigenvalue weighted by atomic mass is 79.9. The van der Waals surface area contributed by atoms with Crippen molar-refractivity contribution in [3.63, 3.8) is 0 Å². The molecule has 4 aromatic carbocycles. The first-order chi connectivity index (χ1) is 19.6. The first-order valence-corrected chi connectivity index (χ1v) is 13.9. The van der Waals surface area contributed by atoms with Gasteiger partial charge in [0.25, 0.3) is 0 Å². The molecule has 0 atom stereocenters. The number of halogens is 5. The summed E-state index contributed by atoms with van der Waals surface area (Å²) >= 11 is 27.2. The Bertz CT molecular complexity index is 1660. The van der Waals surface area contributed by atoms with Crippen LogP contribution in [0.2, 0.25) is 20.1 Å². The molecular formula is C28H16BBrCl4N2O5. The number of hydrogen-bond donors (Lipinski definition) is 2. The first-order valence-electron chi connectivity index (χ1n) is 11.6. The predicted octanol–water partition coefficient (Wildman–Crippen LogP) is 7.79. The molecule has 0 spiro atoms. The lowest BCUT2D eigenvalue weighted by molar-refractivity contribution is 0.275. The van der Waals surface area contributed by atoms with Gasteiger partial charge in [-0.05, 0) is 46.9 Å². The summed E-state index contributed by atoms with van der Waals surface area (Å²) in [7, 11) is -0.882. The maximum Gasteiger partial charge on any atom is 0.491 e. The highest BCUT2D eigenvalue weighted by Crippen LogP contribution is 2.34. The van der Waals surface area contributed by atoms with E-state index in [1.54, 1.807) is 36.4 Å². The molecule has 13 heteroatoms. The van der Waals surface area contributed by atoms with Crippen molar-refractivity contribution < 1.29 is 24.3 Å². The van der Waals surface area contributed by atoms with E-state index in [0.29, 0.717) is 35.2 Å². The van der Waals surface area contributed by atoms with Gasteiger partial charge in [-0.3, -0.25) is 0 Å². The van der Waals surface area contributed by atoms with E-state index in [1.165, 1.54) is 24.3 Å². The van der Waals surface area contributed by atoms with Gasteiger partial charge in [0.2, 0.25) is 0 Å². The van der Waals surface area contributed by atoms with Gasteiger partial charge < -0.3 is 24.3 Å². The lowest BCUT2D eigenvalue weighted by Crippen LogP contribution is -2.27. The van der Waals surface area contributed by atoms with Crippen LogP contribution in [0.25, 0.3) is 0 Å². The molecular weight excluding hydrogens is 677 g/mol.